The Morgan fingerprint density at radius 3 is 2.57 bits per heavy atom. The minimum atomic E-state index is -0.00255. The van der Waals surface area contributed by atoms with Gasteiger partial charge in [0.15, 0.2) is 5.16 Å². The van der Waals surface area contributed by atoms with Crippen molar-refractivity contribution in [1.82, 2.24) is 24.9 Å². The van der Waals surface area contributed by atoms with Crippen LogP contribution in [0.1, 0.15) is 27.2 Å². The molecule has 0 spiro atoms. The summed E-state index contributed by atoms with van der Waals surface area (Å²) >= 11 is 1.27. The van der Waals surface area contributed by atoms with Crippen molar-refractivity contribution in [1.29, 1.82) is 0 Å². The molecular formula is C13H18N6OS. The summed E-state index contributed by atoms with van der Waals surface area (Å²) in [4.78, 5) is 21.2. The third kappa shape index (κ3) is 5.14. The molecule has 0 aromatic carbocycles. The number of rotatable bonds is 7. The molecule has 0 atom stereocenters. The van der Waals surface area contributed by atoms with Gasteiger partial charge in [0.05, 0.1) is 6.10 Å². The first kappa shape index (κ1) is 15.4. The van der Waals surface area contributed by atoms with Gasteiger partial charge in [-0.3, -0.25) is 0 Å². The van der Waals surface area contributed by atoms with E-state index in [-0.39, 0.29) is 6.10 Å². The molecule has 0 bridgehead atoms. The lowest BCUT2D eigenvalue weighted by Crippen LogP contribution is -2.12. The van der Waals surface area contributed by atoms with E-state index in [1.165, 1.54) is 11.8 Å². The molecule has 0 amide bonds. The topological polar surface area (TPSA) is 85.7 Å². The second kappa shape index (κ2) is 7.72. The van der Waals surface area contributed by atoms with E-state index in [2.05, 4.69) is 37.2 Å². The predicted octanol–water partition coefficient (Wildman–Crippen LogP) is 2.42. The second-order valence-corrected chi connectivity index (χ2v) is 5.39. The molecular weight excluding hydrogens is 288 g/mol. The monoisotopic (exact) mass is 306 g/mol. The summed E-state index contributed by atoms with van der Waals surface area (Å²) in [7, 11) is 0. The molecule has 2 aromatic heterocycles. The van der Waals surface area contributed by atoms with Gasteiger partial charge in [-0.15, -0.1) is 0 Å². The lowest BCUT2D eigenvalue weighted by atomic mass is 10.5. The van der Waals surface area contributed by atoms with Gasteiger partial charge in [-0.25, -0.2) is 9.97 Å². The van der Waals surface area contributed by atoms with E-state index in [9.17, 15) is 0 Å². The van der Waals surface area contributed by atoms with E-state index >= 15 is 0 Å². The van der Waals surface area contributed by atoms with Crippen LogP contribution >= 0.6 is 11.8 Å². The molecule has 1 N–H and O–H groups in total. The van der Waals surface area contributed by atoms with Gasteiger partial charge in [0.2, 0.25) is 11.1 Å². The van der Waals surface area contributed by atoms with Gasteiger partial charge in [-0.1, -0.05) is 6.92 Å². The fourth-order valence-corrected chi connectivity index (χ4v) is 2.03. The van der Waals surface area contributed by atoms with Gasteiger partial charge in [-0.05, 0) is 38.1 Å². The zero-order valence-corrected chi connectivity index (χ0v) is 13.1. The molecule has 0 saturated heterocycles. The van der Waals surface area contributed by atoms with Crippen molar-refractivity contribution < 1.29 is 4.74 Å². The third-order valence-corrected chi connectivity index (χ3v) is 2.95. The highest BCUT2D eigenvalue weighted by molar-refractivity contribution is 7.99. The van der Waals surface area contributed by atoms with Gasteiger partial charge >= 0.3 is 6.01 Å². The summed E-state index contributed by atoms with van der Waals surface area (Å²) in [6.45, 7) is 6.72. The van der Waals surface area contributed by atoms with Crippen molar-refractivity contribution in [3.63, 3.8) is 0 Å². The van der Waals surface area contributed by atoms with Crippen molar-refractivity contribution in [2.45, 2.75) is 43.6 Å². The minimum absolute atomic E-state index is 0.00255. The number of aromatic nitrogens is 5. The van der Waals surface area contributed by atoms with Crippen molar-refractivity contribution in [2.75, 3.05) is 11.9 Å². The van der Waals surface area contributed by atoms with Crippen LogP contribution in [-0.2, 0) is 0 Å². The van der Waals surface area contributed by atoms with E-state index in [4.69, 9.17) is 4.74 Å². The fourth-order valence-electron chi connectivity index (χ4n) is 1.38. The Morgan fingerprint density at radius 2 is 1.90 bits per heavy atom. The van der Waals surface area contributed by atoms with E-state index in [1.807, 2.05) is 13.8 Å². The summed E-state index contributed by atoms with van der Waals surface area (Å²) in [6.07, 6.45) is 4.34. The molecule has 2 rings (SSSR count). The van der Waals surface area contributed by atoms with Crippen LogP contribution in [-0.4, -0.2) is 37.6 Å². The molecule has 8 heteroatoms. The van der Waals surface area contributed by atoms with Crippen LogP contribution < -0.4 is 10.1 Å². The van der Waals surface area contributed by atoms with Gasteiger partial charge in [0.25, 0.3) is 0 Å². The zero-order valence-electron chi connectivity index (χ0n) is 12.3. The highest BCUT2D eigenvalue weighted by Gasteiger charge is 2.11. The SMILES string of the molecule is CCCNc1nc(OC(C)C)nc(Sc2ncccn2)n1. The largest absolute Gasteiger partial charge is 0.461 e. The minimum Gasteiger partial charge on any atom is -0.461 e. The zero-order chi connectivity index (χ0) is 15.1. The molecule has 0 radical (unpaired) electrons. The maximum Gasteiger partial charge on any atom is 0.322 e. The van der Waals surface area contributed by atoms with Crippen LogP contribution in [0.25, 0.3) is 0 Å². The lowest BCUT2D eigenvalue weighted by Gasteiger charge is -2.10. The Bertz CT molecular complexity index is 566. The third-order valence-electron chi connectivity index (χ3n) is 2.19. The van der Waals surface area contributed by atoms with Crippen LogP contribution in [0.3, 0.4) is 0 Å². The fraction of sp³-hybridized carbons (Fsp3) is 0.462. The summed E-state index contributed by atoms with van der Waals surface area (Å²) in [5.41, 5.74) is 0. The number of hydrogen-bond donors (Lipinski definition) is 1. The maximum atomic E-state index is 5.56. The van der Waals surface area contributed by atoms with Crippen LogP contribution in [0, 0.1) is 0 Å². The molecule has 7 nitrogen and oxygen atoms in total. The van der Waals surface area contributed by atoms with E-state index in [1.54, 1.807) is 18.5 Å². The highest BCUT2D eigenvalue weighted by Crippen LogP contribution is 2.23. The molecule has 0 saturated carbocycles. The summed E-state index contributed by atoms with van der Waals surface area (Å²) in [5, 5.41) is 4.23. The summed E-state index contributed by atoms with van der Waals surface area (Å²) in [5.74, 6) is 0.501. The molecule has 112 valence electrons. The predicted molar refractivity (Wildman–Crippen MR) is 80.5 cm³/mol. The van der Waals surface area contributed by atoms with E-state index in [0.717, 1.165) is 13.0 Å². The molecule has 2 heterocycles. The lowest BCUT2D eigenvalue weighted by molar-refractivity contribution is 0.219. The average Bonchev–Trinajstić information content (AvgIpc) is 2.45. The van der Waals surface area contributed by atoms with Crippen LogP contribution in [0.2, 0.25) is 0 Å². The van der Waals surface area contributed by atoms with Crippen LogP contribution in [0.15, 0.2) is 28.8 Å². The Kier molecular flexibility index (Phi) is 5.68. The quantitative estimate of drug-likeness (QED) is 0.781. The standard InChI is InChI=1S/C13H18N6OS/c1-4-6-14-10-17-11(20-9(2)3)19-13(18-10)21-12-15-7-5-8-16-12/h5,7-9H,4,6H2,1-3H3,(H,14,17,18,19). The average molecular weight is 306 g/mol. The smallest absolute Gasteiger partial charge is 0.322 e. The van der Waals surface area contributed by atoms with Crippen molar-refractivity contribution in [2.24, 2.45) is 0 Å². The molecule has 0 aliphatic carbocycles. The van der Waals surface area contributed by atoms with Gasteiger partial charge in [0, 0.05) is 18.9 Å². The maximum absolute atomic E-state index is 5.56. The normalized spacial score (nSPS) is 10.7. The Balaban J connectivity index is 2.21. The van der Waals surface area contributed by atoms with Gasteiger partial charge in [-0.2, -0.15) is 15.0 Å². The molecule has 21 heavy (non-hydrogen) atoms. The van der Waals surface area contributed by atoms with E-state index in [0.29, 0.717) is 22.3 Å². The van der Waals surface area contributed by atoms with Crippen LogP contribution in [0.5, 0.6) is 6.01 Å². The van der Waals surface area contributed by atoms with Crippen LogP contribution in [0.4, 0.5) is 5.95 Å². The first-order valence-corrected chi connectivity index (χ1v) is 7.60. The first-order valence-electron chi connectivity index (χ1n) is 6.79. The molecule has 0 aliphatic heterocycles. The van der Waals surface area contributed by atoms with Gasteiger partial charge in [0.1, 0.15) is 0 Å². The Morgan fingerprint density at radius 1 is 1.14 bits per heavy atom. The molecule has 0 unspecified atom stereocenters. The number of ether oxygens (including phenoxy) is 1. The summed E-state index contributed by atoms with van der Waals surface area (Å²) < 4.78 is 5.56. The number of hydrogen-bond acceptors (Lipinski definition) is 8. The first-order chi connectivity index (χ1) is 10.2. The molecule has 0 fully saturated rings. The Hall–Kier alpha value is -1.96. The van der Waals surface area contributed by atoms with Crippen molar-refractivity contribution in [3.8, 4) is 6.01 Å². The Labute approximate surface area is 128 Å². The highest BCUT2D eigenvalue weighted by atomic mass is 32.2. The number of anilines is 1. The number of nitrogens with one attached hydrogen (secondary N) is 1. The van der Waals surface area contributed by atoms with E-state index < -0.39 is 0 Å². The number of nitrogens with zero attached hydrogens (tertiary/aromatic N) is 5. The second-order valence-electron chi connectivity index (χ2n) is 4.45. The molecule has 0 aliphatic rings. The molecule has 2 aromatic rings. The van der Waals surface area contributed by atoms with Gasteiger partial charge < -0.3 is 10.1 Å². The summed E-state index contributed by atoms with van der Waals surface area (Å²) in [6, 6.07) is 2.07. The van der Waals surface area contributed by atoms with Crippen molar-refractivity contribution in [3.05, 3.63) is 18.5 Å². The van der Waals surface area contributed by atoms with Crippen molar-refractivity contribution >= 4 is 17.7 Å².